The second-order valence-electron chi connectivity index (χ2n) is 15.4. The van der Waals surface area contributed by atoms with E-state index < -0.39 is 24.4 Å². The van der Waals surface area contributed by atoms with Crippen LogP contribution in [0.2, 0.25) is 0 Å². The quantitative estimate of drug-likeness (QED) is 0.0491. The van der Waals surface area contributed by atoms with Crippen molar-refractivity contribution in [1.29, 1.82) is 0 Å². The van der Waals surface area contributed by atoms with Crippen LogP contribution in [0.15, 0.2) is 0 Å². The first-order chi connectivity index (χ1) is 22.9. The lowest BCUT2D eigenvalue weighted by atomic mass is 9.95. The van der Waals surface area contributed by atoms with Gasteiger partial charge in [0.2, 0.25) is 0 Å². The number of hydrogen-bond acceptors (Lipinski definition) is 5. The molecule has 4 N–H and O–H groups in total. The van der Waals surface area contributed by atoms with Crippen LogP contribution in [0.4, 0.5) is 0 Å². The first-order valence-corrected chi connectivity index (χ1v) is 21.1. The number of hydrogen-bond donors (Lipinski definition) is 4. The van der Waals surface area contributed by atoms with E-state index in [4.69, 9.17) is 4.74 Å². The number of unbranched alkanes of at least 4 members (excludes halogenated alkanes) is 20. The fourth-order valence-electron chi connectivity index (χ4n) is 7.09. The maximum atomic E-state index is 10.5. The molecule has 0 aromatic carbocycles. The molecule has 0 spiro atoms. The highest BCUT2D eigenvalue weighted by atomic mass is 16.5. The van der Waals surface area contributed by atoms with Crippen molar-refractivity contribution in [1.82, 2.24) is 0 Å². The molecule has 0 radical (unpaired) electrons. The Kier molecular flexibility index (Phi) is 35.5. The third-order valence-corrected chi connectivity index (χ3v) is 10.6. The molecule has 284 valence electrons. The molecular formula is C42H86O5. The second kappa shape index (κ2) is 35.6. The van der Waals surface area contributed by atoms with E-state index in [0.717, 1.165) is 37.5 Å². The van der Waals surface area contributed by atoms with Crippen LogP contribution in [0.5, 0.6) is 0 Å². The molecule has 0 aliphatic carbocycles. The molecule has 0 heterocycles. The minimum atomic E-state index is -0.958. The van der Waals surface area contributed by atoms with Crippen LogP contribution in [-0.4, -0.2) is 58.1 Å². The highest BCUT2D eigenvalue weighted by Gasteiger charge is 2.27. The molecule has 0 amide bonds. The van der Waals surface area contributed by atoms with Crippen LogP contribution in [0.25, 0.3) is 0 Å². The van der Waals surface area contributed by atoms with Crippen LogP contribution in [-0.2, 0) is 4.74 Å². The summed E-state index contributed by atoms with van der Waals surface area (Å²) in [7, 11) is 0. The molecule has 0 fully saturated rings. The maximum absolute atomic E-state index is 10.5. The summed E-state index contributed by atoms with van der Waals surface area (Å²) in [6.07, 6.45) is 34.7. The predicted molar refractivity (Wildman–Crippen MR) is 203 cm³/mol. The molecule has 0 bridgehead atoms. The van der Waals surface area contributed by atoms with Gasteiger partial charge in [0.15, 0.2) is 0 Å². The number of ether oxygens (including phenoxy) is 1. The largest absolute Gasteiger partial charge is 0.394 e. The third kappa shape index (κ3) is 30.4. The fourth-order valence-corrected chi connectivity index (χ4v) is 7.09. The highest BCUT2D eigenvalue weighted by molar-refractivity contribution is 4.76. The fraction of sp³-hybridized carbons (Fsp3) is 1.00. The SMILES string of the molecule is CCCCCCCCC(C)CCCCCCCCC(OC(CCCCCCCCC(C)CCCCCCCC)C(O)CO)C(O)CO. The lowest BCUT2D eigenvalue weighted by Crippen LogP contribution is -2.41. The number of aliphatic hydroxyl groups excluding tert-OH is 4. The average molecular weight is 671 g/mol. The van der Waals surface area contributed by atoms with Crippen molar-refractivity contribution in [3.8, 4) is 0 Å². The molecule has 0 rings (SSSR count). The summed E-state index contributed by atoms with van der Waals surface area (Å²) in [5.74, 6) is 1.69. The van der Waals surface area contributed by atoms with Gasteiger partial charge in [-0.2, -0.15) is 0 Å². The Morgan fingerprint density at radius 2 is 0.596 bits per heavy atom. The monoisotopic (exact) mass is 671 g/mol. The van der Waals surface area contributed by atoms with E-state index in [1.54, 1.807) is 0 Å². The smallest absolute Gasteiger partial charge is 0.103 e. The van der Waals surface area contributed by atoms with Gasteiger partial charge in [0.1, 0.15) is 12.2 Å². The highest BCUT2D eigenvalue weighted by Crippen LogP contribution is 2.22. The Balaban J connectivity index is 4.10. The van der Waals surface area contributed by atoms with Gasteiger partial charge in [0, 0.05) is 0 Å². The summed E-state index contributed by atoms with van der Waals surface area (Å²) in [6, 6.07) is 0. The molecular weight excluding hydrogens is 584 g/mol. The molecule has 0 aliphatic heterocycles. The average Bonchev–Trinajstić information content (AvgIpc) is 3.07. The summed E-state index contributed by atoms with van der Waals surface area (Å²) in [5, 5.41) is 40.2. The lowest BCUT2D eigenvalue weighted by Gasteiger charge is -2.30. The Labute approximate surface area is 294 Å². The van der Waals surface area contributed by atoms with Crippen molar-refractivity contribution < 1.29 is 25.2 Å². The van der Waals surface area contributed by atoms with E-state index in [1.165, 1.54) is 154 Å². The van der Waals surface area contributed by atoms with Gasteiger partial charge < -0.3 is 25.2 Å². The first kappa shape index (κ1) is 46.8. The lowest BCUT2D eigenvalue weighted by molar-refractivity contribution is -0.137. The van der Waals surface area contributed by atoms with Gasteiger partial charge in [-0.3, -0.25) is 0 Å². The predicted octanol–water partition coefficient (Wildman–Crippen LogP) is 11.5. The van der Waals surface area contributed by atoms with E-state index in [2.05, 4.69) is 27.7 Å². The van der Waals surface area contributed by atoms with Crippen molar-refractivity contribution in [3.63, 3.8) is 0 Å². The van der Waals surface area contributed by atoms with Gasteiger partial charge in [-0.05, 0) is 24.7 Å². The molecule has 0 aliphatic rings. The molecule has 5 nitrogen and oxygen atoms in total. The zero-order valence-electron chi connectivity index (χ0n) is 32.3. The van der Waals surface area contributed by atoms with Crippen LogP contribution < -0.4 is 0 Å². The first-order valence-electron chi connectivity index (χ1n) is 21.1. The van der Waals surface area contributed by atoms with Gasteiger partial charge in [0.25, 0.3) is 0 Å². The zero-order valence-corrected chi connectivity index (χ0v) is 32.3. The molecule has 6 unspecified atom stereocenters. The summed E-state index contributed by atoms with van der Waals surface area (Å²) in [5.41, 5.74) is 0. The Morgan fingerprint density at radius 1 is 0.362 bits per heavy atom. The van der Waals surface area contributed by atoms with Gasteiger partial charge in [0.05, 0.1) is 25.4 Å². The van der Waals surface area contributed by atoms with Crippen LogP contribution in [0, 0.1) is 11.8 Å². The third-order valence-electron chi connectivity index (χ3n) is 10.6. The summed E-state index contributed by atoms with van der Waals surface area (Å²) >= 11 is 0. The molecule has 47 heavy (non-hydrogen) atoms. The van der Waals surface area contributed by atoms with Crippen LogP contribution in [0.3, 0.4) is 0 Å². The molecule has 0 aromatic rings. The van der Waals surface area contributed by atoms with E-state index in [9.17, 15) is 20.4 Å². The Bertz CT molecular complexity index is 552. The zero-order chi connectivity index (χ0) is 34.8. The van der Waals surface area contributed by atoms with Crippen molar-refractivity contribution in [3.05, 3.63) is 0 Å². The molecule has 0 saturated heterocycles. The van der Waals surface area contributed by atoms with Crippen LogP contribution >= 0.6 is 0 Å². The Hall–Kier alpha value is -0.200. The van der Waals surface area contributed by atoms with E-state index in [0.29, 0.717) is 12.8 Å². The second-order valence-corrected chi connectivity index (χ2v) is 15.4. The van der Waals surface area contributed by atoms with Gasteiger partial charge in [-0.25, -0.2) is 0 Å². The van der Waals surface area contributed by atoms with Gasteiger partial charge in [-0.15, -0.1) is 0 Å². The Morgan fingerprint density at radius 3 is 0.851 bits per heavy atom. The van der Waals surface area contributed by atoms with E-state index in [-0.39, 0.29) is 13.2 Å². The standard InChI is InChI=1S/C42H86O5/c1-5-7-9-11-17-23-29-37(3)31-25-19-13-15-21-27-33-41(39(45)35-43)47-42(40(46)36-44)34-28-22-16-14-20-26-32-38(4)30-24-18-12-10-8-6-2/h37-46H,5-36H2,1-4H3. The molecule has 5 heteroatoms. The van der Waals surface area contributed by atoms with E-state index >= 15 is 0 Å². The van der Waals surface area contributed by atoms with Gasteiger partial charge >= 0.3 is 0 Å². The van der Waals surface area contributed by atoms with E-state index in [1.807, 2.05) is 0 Å². The number of rotatable bonds is 38. The molecule has 0 saturated carbocycles. The molecule has 0 aromatic heterocycles. The summed E-state index contributed by atoms with van der Waals surface area (Å²) in [4.78, 5) is 0. The minimum Gasteiger partial charge on any atom is -0.394 e. The van der Waals surface area contributed by atoms with Crippen molar-refractivity contribution in [2.75, 3.05) is 13.2 Å². The summed E-state index contributed by atoms with van der Waals surface area (Å²) in [6.45, 7) is 8.70. The van der Waals surface area contributed by atoms with Crippen molar-refractivity contribution >= 4 is 0 Å². The normalized spacial score (nSPS) is 15.8. The summed E-state index contributed by atoms with van der Waals surface area (Å²) < 4.78 is 6.20. The topological polar surface area (TPSA) is 90.2 Å². The minimum absolute atomic E-state index is 0.346. The van der Waals surface area contributed by atoms with Crippen molar-refractivity contribution in [2.24, 2.45) is 11.8 Å². The maximum Gasteiger partial charge on any atom is 0.103 e. The van der Waals surface area contributed by atoms with Crippen LogP contribution in [0.1, 0.15) is 220 Å². The van der Waals surface area contributed by atoms with Crippen molar-refractivity contribution in [2.45, 2.75) is 245 Å². The molecule has 6 atom stereocenters. The van der Waals surface area contributed by atoms with Gasteiger partial charge in [-0.1, -0.05) is 207 Å². The number of aliphatic hydroxyl groups is 4.